The lowest BCUT2D eigenvalue weighted by atomic mass is 10.1. The number of pyridine rings is 1. The maximum Gasteiger partial charge on any atom is 0.137 e. The van der Waals surface area contributed by atoms with Crippen molar-refractivity contribution >= 4 is 33.2 Å². The Labute approximate surface area is 240 Å². The van der Waals surface area contributed by atoms with Crippen molar-refractivity contribution < 1.29 is 4.74 Å². The van der Waals surface area contributed by atoms with E-state index in [1.165, 1.54) is 39.0 Å². The molecule has 0 amide bonds. The van der Waals surface area contributed by atoms with Crippen LogP contribution in [0.5, 0.6) is 11.5 Å². The van der Waals surface area contributed by atoms with Gasteiger partial charge in [0, 0.05) is 51.9 Å². The Kier molecular flexibility index (Phi) is 6.01. The second-order valence-corrected chi connectivity index (χ2v) is 10.8. The molecule has 1 aliphatic heterocycles. The van der Waals surface area contributed by atoms with Gasteiger partial charge in [-0.15, -0.1) is 0 Å². The van der Waals surface area contributed by atoms with Crippen LogP contribution in [0.15, 0.2) is 121 Å². The lowest BCUT2D eigenvalue weighted by molar-refractivity contribution is 0.483. The number of nitrogens with zero attached hydrogens (tertiary/aromatic N) is 4. The van der Waals surface area contributed by atoms with Crippen LogP contribution >= 0.6 is 0 Å². The van der Waals surface area contributed by atoms with Gasteiger partial charge in [0.15, 0.2) is 0 Å². The lowest BCUT2D eigenvalue weighted by Gasteiger charge is -2.24. The molecule has 5 nitrogen and oxygen atoms in total. The zero-order chi connectivity index (χ0) is 28.1. The van der Waals surface area contributed by atoms with Crippen molar-refractivity contribution in [2.24, 2.45) is 0 Å². The van der Waals surface area contributed by atoms with Crippen molar-refractivity contribution in [1.82, 2.24) is 9.55 Å². The second-order valence-electron chi connectivity index (χ2n) is 10.8. The van der Waals surface area contributed by atoms with Crippen LogP contribution in [-0.4, -0.2) is 16.2 Å². The highest BCUT2D eigenvalue weighted by atomic mass is 16.5. The zero-order valence-corrected chi connectivity index (χ0v) is 23.8. The SMILES string of the molecule is CC1=C(C)N(c2cccc(Oc3ccc4c5ccccc5n(-c5cc(C)ccn5)c4c3)c2)CN1c1ccc(C)cc1. The third kappa shape index (κ3) is 4.40. The predicted octanol–water partition coefficient (Wildman–Crippen LogP) is 9.12. The van der Waals surface area contributed by atoms with E-state index in [0.29, 0.717) is 0 Å². The standard InChI is InChI=1S/C36H32N4O/c1-24-12-14-28(15-13-24)38-23-39(27(4)26(38)3)29-8-7-9-30(21-29)41-31-16-17-33-32-10-5-6-11-34(32)40(35(33)22-31)36-20-25(2)18-19-37-36/h5-22H,23H2,1-4H3. The summed E-state index contributed by atoms with van der Waals surface area (Å²) in [7, 11) is 0. The van der Waals surface area contributed by atoms with Gasteiger partial charge < -0.3 is 14.5 Å². The van der Waals surface area contributed by atoms with Gasteiger partial charge in [-0.2, -0.15) is 0 Å². The Morgan fingerprint density at radius 1 is 0.585 bits per heavy atom. The van der Waals surface area contributed by atoms with E-state index in [1.807, 2.05) is 18.3 Å². The molecule has 2 aromatic heterocycles. The molecule has 41 heavy (non-hydrogen) atoms. The third-order valence-electron chi connectivity index (χ3n) is 8.10. The number of benzene rings is 4. The normalized spacial score (nSPS) is 13.6. The Balaban J connectivity index is 1.23. The average Bonchev–Trinajstić information content (AvgIpc) is 3.47. The van der Waals surface area contributed by atoms with E-state index in [-0.39, 0.29) is 0 Å². The van der Waals surface area contributed by atoms with E-state index in [2.05, 4.69) is 133 Å². The van der Waals surface area contributed by atoms with Crippen molar-refractivity contribution in [1.29, 1.82) is 0 Å². The second kappa shape index (κ2) is 9.86. The monoisotopic (exact) mass is 536 g/mol. The maximum absolute atomic E-state index is 6.49. The highest BCUT2D eigenvalue weighted by Gasteiger charge is 2.26. The van der Waals surface area contributed by atoms with Crippen molar-refractivity contribution in [2.75, 3.05) is 16.5 Å². The number of para-hydroxylation sites is 1. The number of allylic oxidation sites excluding steroid dienone is 2. The molecule has 4 aromatic carbocycles. The number of hydrogen-bond acceptors (Lipinski definition) is 4. The number of aromatic nitrogens is 2. The van der Waals surface area contributed by atoms with Crippen LogP contribution in [-0.2, 0) is 0 Å². The van der Waals surface area contributed by atoms with Crippen molar-refractivity contribution in [3.05, 3.63) is 132 Å². The van der Waals surface area contributed by atoms with Gasteiger partial charge in [0.1, 0.15) is 17.3 Å². The molecule has 0 bridgehead atoms. The van der Waals surface area contributed by atoms with Crippen molar-refractivity contribution in [3.63, 3.8) is 0 Å². The zero-order valence-electron chi connectivity index (χ0n) is 23.8. The number of anilines is 2. The molecule has 0 N–H and O–H groups in total. The Morgan fingerprint density at radius 3 is 2.12 bits per heavy atom. The Bertz CT molecular complexity index is 1950. The third-order valence-corrected chi connectivity index (χ3v) is 8.10. The van der Waals surface area contributed by atoms with Crippen LogP contribution in [0.4, 0.5) is 11.4 Å². The molecule has 0 radical (unpaired) electrons. The summed E-state index contributed by atoms with van der Waals surface area (Å²) in [4.78, 5) is 9.40. The first-order valence-corrected chi connectivity index (χ1v) is 14.0. The highest BCUT2D eigenvalue weighted by Crippen LogP contribution is 2.37. The van der Waals surface area contributed by atoms with Gasteiger partial charge in [-0.05, 0) is 87.9 Å². The van der Waals surface area contributed by atoms with Crippen LogP contribution in [0.2, 0.25) is 0 Å². The van der Waals surface area contributed by atoms with Gasteiger partial charge in [0.2, 0.25) is 0 Å². The molecule has 3 heterocycles. The van der Waals surface area contributed by atoms with E-state index < -0.39 is 0 Å². The molecule has 202 valence electrons. The number of ether oxygens (including phenoxy) is 1. The minimum absolute atomic E-state index is 0.764. The summed E-state index contributed by atoms with van der Waals surface area (Å²) in [6, 6.07) is 36.0. The van der Waals surface area contributed by atoms with Gasteiger partial charge in [0.05, 0.1) is 17.7 Å². The molecule has 6 aromatic rings. The van der Waals surface area contributed by atoms with Crippen molar-refractivity contribution in [3.8, 4) is 17.3 Å². The molecule has 0 atom stereocenters. The van der Waals surface area contributed by atoms with Crippen molar-refractivity contribution in [2.45, 2.75) is 27.7 Å². The smallest absolute Gasteiger partial charge is 0.137 e. The van der Waals surface area contributed by atoms with E-state index in [0.717, 1.165) is 40.7 Å². The Hall–Kier alpha value is -5.03. The number of aryl methyl sites for hydroxylation is 2. The molecule has 0 saturated carbocycles. The summed E-state index contributed by atoms with van der Waals surface area (Å²) in [5.41, 5.74) is 9.43. The van der Waals surface area contributed by atoms with Crippen LogP contribution < -0.4 is 14.5 Å². The van der Waals surface area contributed by atoms with Gasteiger partial charge in [-0.25, -0.2) is 4.98 Å². The molecule has 0 fully saturated rings. The fourth-order valence-electron chi connectivity index (χ4n) is 5.77. The Morgan fingerprint density at radius 2 is 1.32 bits per heavy atom. The molecule has 0 unspecified atom stereocenters. The molecule has 0 aliphatic carbocycles. The molecule has 7 rings (SSSR count). The van der Waals surface area contributed by atoms with E-state index >= 15 is 0 Å². The van der Waals surface area contributed by atoms with Crippen LogP contribution in [0.1, 0.15) is 25.0 Å². The van der Waals surface area contributed by atoms with Gasteiger partial charge in [-0.1, -0.05) is 42.0 Å². The van der Waals surface area contributed by atoms with E-state index in [1.54, 1.807) is 0 Å². The quantitative estimate of drug-likeness (QED) is 0.220. The summed E-state index contributed by atoms with van der Waals surface area (Å²) in [5, 5.41) is 2.37. The fraction of sp³-hybridized carbons (Fsp3) is 0.139. The minimum atomic E-state index is 0.764. The average molecular weight is 537 g/mol. The molecule has 1 aliphatic rings. The molecule has 0 spiro atoms. The van der Waals surface area contributed by atoms with Crippen LogP contribution in [0.3, 0.4) is 0 Å². The van der Waals surface area contributed by atoms with Gasteiger partial charge >= 0.3 is 0 Å². The summed E-state index contributed by atoms with van der Waals surface area (Å²) < 4.78 is 8.72. The maximum atomic E-state index is 6.49. The largest absolute Gasteiger partial charge is 0.457 e. The molecular formula is C36H32N4O. The number of fused-ring (bicyclic) bond motifs is 3. The lowest BCUT2D eigenvalue weighted by Crippen LogP contribution is -2.27. The molecule has 5 heteroatoms. The van der Waals surface area contributed by atoms with Gasteiger partial charge in [-0.3, -0.25) is 4.57 Å². The van der Waals surface area contributed by atoms with Crippen LogP contribution in [0, 0.1) is 13.8 Å². The highest BCUT2D eigenvalue weighted by molar-refractivity contribution is 6.09. The van der Waals surface area contributed by atoms with Gasteiger partial charge in [0.25, 0.3) is 0 Å². The fourth-order valence-corrected chi connectivity index (χ4v) is 5.77. The summed E-state index contributed by atoms with van der Waals surface area (Å²) in [6.07, 6.45) is 1.87. The first-order chi connectivity index (χ1) is 20.0. The summed E-state index contributed by atoms with van der Waals surface area (Å²) in [6.45, 7) is 9.35. The van der Waals surface area contributed by atoms with E-state index in [9.17, 15) is 0 Å². The molecule has 0 saturated heterocycles. The predicted molar refractivity (Wildman–Crippen MR) is 169 cm³/mol. The van der Waals surface area contributed by atoms with E-state index in [4.69, 9.17) is 9.72 Å². The summed E-state index contributed by atoms with van der Waals surface area (Å²) >= 11 is 0. The van der Waals surface area contributed by atoms with Crippen LogP contribution in [0.25, 0.3) is 27.6 Å². The summed E-state index contributed by atoms with van der Waals surface area (Å²) in [5.74, 6) is 2.50. The number of hydrogen-bond donors (Lipinski definition) is 0. The first-order valence-electron chi connectivity index (χ1n) is 14.0. The first kappa shape index (κ1) is 25.0. The topological polar surface area (TPSA) is 33.5 Å². The molecular weight excluding hydrogens is 504 g/mol. The number of rotatable bonds is 5. The minimum Gasteiger partial charge on any atom is -0.457 e.